The fourth-order valence-corrected chi connectivity index (χ4v) is 1.74. The second kappa shape index (κ2) is 4.63. The van der Waals surface area contributed by atoms with Crippen LogP contribution in [0.5, 0.6) is 0 Å². The van der Waals surface area contributed by atoms with Crippen molar-refractivity contribution in [3.63, 3.8) is 0 Å². The van der Waals surface area contributed by atoms with Gasteiger partial charge in [-0.3, -0.25) is 0 Å². The highest BCUT2D eigenvalue weighted by Gasteiger charge is 2.25. The molecule has 12 heavy (non-hydrogen) atoms. The van der Waals surface area contributed by atoms with E-state index in [1.165, 1.54) is 19.5 Å². The van der Waals surface area contributed by atoms with Crippen LogP contribution in [0.2, 0.25) is 0 Å². The monoisotopic (exact) mass is 168 g/mol. The van der Waals surface area contributed by atoms with Gasteiger partial charge in [0.2, 0.25) is 0 Å². The summed E-state index contributed by atoms with van der Waals surface area (Å²) in [7, 11) is 0. The van der Waals surface area contributed by atoms with E-state index in [9.17, 15) is 0 Å². The lowest BCUT2D eigenvalue weighted by Gasteiger charge is -2.13. The minimum absolute atomic E-state index is 0.397. The van der Waals surface area contributed by atoms with Gasteiger partial charge in [0.25, 0.3) is 0 Å². The molecule has 0 saturated carbocycles. The Morgan fingerprint density at radius 1 is 1.58 bits per heavy atom. The molecule has 2 heteroatoms. The molecule has 1 aliphatic rings. The molecule has 0 aliphatic carbocycles. The summed E-state index contributed by atoms with van der Waals surface area (Å²) in [5, 5.41) is 0. The standard InChI is InChI=1S/C10H20N2/c1-3-4-5-6-12-7-9(2)10(11)8-12/h3,9-10H,1,4-8,11H2,2H3. The minimum Gasteiger partial charge on any atom is -0.326 e. The molecule has 1 aliphatic heterocycles. The number of allylic oxidation sites excluding steroid dienone is 1. The Balaban J connectivity index is 2.14. The van der Waals surface area contributed by atoms with E-state index >= 15 is 0 Å². The van der Waals surface area contributed by atoms with Crippen LogP contribution in [-0.4, -0.2) is 30.6 Å². The average molecular weight is 168 g/mol. The van der Waals surface area contributed by atoms with Gasteiger partial charge in [0, 0.05) is 19.1 Å². The molecule has 0 amide bonds. The van der Waals surface area contributed by atoms with E-state index in [0.717, 1.165) is 13.0 Å². The van der Waals surface area contributed by atoms with Gasteiger partial charge < -0.3 is 10.6 Å². The van der Waals surface area contributed by atoms with Crippen LogP contribution in [0.4, 0.5) is 0 Å². The molecule has 70 valence electrons. The maximum Gasteiger partial charge on any atom is 0.0206 e. The Kier molecular flexibility index (Phi) is 3.76. The molecule has 2 nitrogen and oxygen atoms in total. The second-order valence-corrected chi connectivity index (χ2v) is 3.83. The van der Waals surface area contributed by atoms with E-state index in [-0.39, 0.29) is 0 Å². The van der Waals surface area contributed by atoms with Gasteiger partial charge in [-0.25, -0.2) is 0 Å². The summed E-state index contributed by atoms with van der Waals surface area (Å²) >= 11 is 0. The summed E-state index contributed by atoms with van der Waals surface area (Å²) in [4.78, 5) is 2.46. The molecule has 2 unspecified atom stereocenters. The molecular weight excluding hydrogens is 148 g/mol. The zero-order valence-electron chi connectivity index (χ0n) is 8.00. The normalized spacial score (nSPS) is 30.8. The molecule has 0 aromatic carbocycles. The molecule has 1 saturated heterocycles. The van der Waals surface area contributed by atoms with Crippen molar-refractivity contribution in [3.8, 4) is 0 Å². The van der Waals surface area contributed by atoms with Gasteiger partial charge in [-0.1, -0.05) is 13.0 Å². The second-order valence-electron chi connectivity index (χ2n) is 3.83. The molecule has 1 heterocycles. The largest absolute Gasteiger partial charge is 0.326 e. The molecule has 2 N–H and O–H groups in total. The number of unbranched alkanes of at least 4 members (excludes halogenated alkanes) is 1. The van der Waals surface area contributed by atoms with Gasteiger partial charge in [-0.15, -0.1) is 6.58 Å². The average Bonchev–Trinajstić information content (AvgIpc) is 2.32. The van der Waals surface area contributed by atoms with Gasteiger partial charge in [0.1, 0.15) is 0 Å². The fraction of sp³-hybridized carbons (Fsp3) is 0.800. The highest BCUT2D eigenvalue weighted by atomic mass is 15.2. The molecule has 0 spiro atoms. The first kappa shape index (κ1) is 9.75. The van der Waals surface area contributed by atoms with Crippen molar-refractivity contribution in [1.29, 1.82) is 0 Å². The smallest absolute Gasteiger partial charge is 0.0206 e. The van der Waals surface area contributed by atoms with Gasteiger partial charge in [0.15, 0.2) is 0 Å². The molecule has 1 rings (SSSR count). The summed E-state index contributed by atoms with van der Waals surface area (Å²) in [6.07, 6.45) is 4.34. The van der Waals surface area contributed by atoms with Crippen molar-refractivity contribution >= 4 is 0 Å². The number of hydrogen-bond acceptors (Lipinski definition) is 2. The highest BCUT2D eigenvalue weighted by molar-refractivity contribution is 4.84. The first-order valence-corrected chi connectivity index (χ1v) is 4.83. The van der Waals surface area contributed by atoms with Gasteiger partial charge in [-0.05, 0) is 25.3 Å². The lowest BCUT2D eigenvalue weighted by Crippen LogP contribution is -2.28. The topological polar surface area (TPSA) is 29.3 Å². The van der Waals surface area contributed by atoms with Gasteiger partial charge in [-0.2, -0.15) is 0 Å². The lowest BCUT2D eigenvalue weighted by atomic mass is 10.1. The fourth-order valence-electron chi connectivity index (χ4n) is 1.74. The third kappa shape index (κ3) is 2.61. The van der Waals surface area contributed by atoms with Gasteiger partial charge in [0.05, 0.1) is 0 Å². The summed E-state index contributed by atoms with van der Waals surface area (Å²) in [5.41, 5.74) is 5.91. The SMILES string of the molecule is C=CCCCN1CC(C)C(N)C1. The zero-order valence-corrected chi connectivity index (χ0v) is 8.00. The number of rotatable bonds is 4. The highest BCUT2D eigenvalue weighted by Crippen LogP contribution is 2.14. The van der Waals surface area contributed by atoms with Crippen LogP contribution in [0.25, 0.3) is 0 Å². The molecule has 0 aromatic heterocycles. The van der Waals surface area contributed by atoms with Gasteiger partial charge >= 0.3 is 0 Å². The number of nitrogens with zero attached hydrogens (tertiary/aromatic N) is 1. The summed E-state index contributed by atoms with van der Waals surface area (Å²) in [6, 6.07) is 0.397. The summed E-state index contributed by atoms with van der Waals surface area (Å²) < 4.78 is 0. The first-order chi connectivity index (χ1) is 5.74. The van der Waals surface area contributed by atoms with Crippen molar-refractivity contribution in [3.05, 3.63) is 12.7 Å². The first-order valence-electron chi connectivity index (χ1n) is 4.83. The van der Waals surface area contributed by atoms with E-state index in [4.69, 9.17) is 5.73 Å². The van der Waals surface area contributed by atoms with Crippen LogP contribution < -0.4 is 5.73 Å². The minimum atomic E-state index is 0.397. The van der Waals surface area contributed by atoms with E-state index in [2.05, 4.69) is 18.4 Å². The lowest BCUT2D eigenvalue weighted by molar-refractivity contribution is 0.323. The molecular formula is C10H20N2. The maximum absolute atomic E-state index is 5.91. The van der Waals surface area contributed by atoms with Crippen LogP contribution in [0.15, 0.2) is 12.7 Å². The molecule has 1 fully saturated rings. The molecule has 0 bridgehead atoms. The Bertz CT molecular complexity index is 135. The van der Waals surface area contributed by atoms with Crippen molar-refractivity contribution in [1.82, 2.24) is 4.90 Å². The van der Waals surface area contributed by atoms with Crippen LogP contribution in [0.1, 0.15) is 19.8 Å². The molecule has 0 aromatic rings. The Morgan fingerprint density at radius 2 is 2.33 bits per heavy atom. The van der Waals surface area contributed by atoms with E-state index in [1.54, 1.807) is 0 Å². The van der Waals surface area contributed by atoms with Crippen LogP contribution in [0, 0.1) is 5.92 Å². The Morgan fingerprint density at radius 3 is 2.83 bits per heavy atom. The third-order valence-corrected chi connectivity index (χ3v) is 2.63. The van der Waals surface area contributed by atoms with Crippen molar-refractivity contribution in [2.45, 2.75) is 25.8 Å². The predicted molar refractivity (Wildman–Crippen MR) is 53.0 cm³/mol. The van der Waals surface area contributed by atoms with Crippen LogP contribution in [0.3, 0.4) is 0 Å². The number of nitrogens with two attached hydrogens (primary N) is 1. The number of hydrogen-bond donors (Lipinski definition) is 1. The van der Waals surface area contributed by atoms with E-state index in [1.807, 2.05) is 6.08 Å². The Labute approximate surface area is 75.4 Å². The quantitative estimate of drug-likeness (QED) is 0.505. The Hall–Kier alpha value is -0.340. The number of likely N-dealkylation sites (tertiary alicyclic amines) is 1. The van der Waals surface area contributed by atoms with E-state index < -0.39 is 0 Å². The van der Waals surface area contributed by atoms with Crippen molar-refractivity contribution in [2.24, 2.45) is 11.7 Å². The maximum atomic E-state index is 5.91. The molecule has 0 radical (unpaired) electrons. The van der Waals surface area contributed by atoms with Crippen LogP contribution >= 0.6 is 0 Å². The van der Waals surface area contributed by atoms with Crippen LogP contribution in [-0.2, 0) is 0 Å². The molecule has 2 atom stereocenters. The summed E-state index contributed by atoms with van der Waals surface area (Å²) in [6.45, 7) is 9.39. The van der Waals surface area contributed by atoms with Crippen molar-refractivity contribution < 1.29 is 0 Å². The predicted octanol–water partition coefficient (Wildman–Crippen LogP) is 1.23. The van der Waals surface area contributed by atoms with E-state index in [0.29, 0.717) is 12.0 Å². The summed E-state index contributed by atoms with van der Waals surface area (Å²) in [5.74, 6) is 0.675. The third-order valence-electron chi connectivity index (χ3n) is 2.63. The zero-order chi connectivity index (χ0) is 8.97. The van der Waals surface area contributed by atoms with Crippen molar-refractivity contribution in [2.75, 3.05) is 19.6 Å².